The van der Waals surface area contributed by atoms with Crippen molar-refractivity contribution in [2.45, 2.75) is 13.5 Å². The molecule has 20 heavy (non-hydrogen) atoms. The molecule has 0 fully saturated rings. The van der Waals surface area contributed by atoms with Crippen LogP contribution in [-0.2, 0) is 11.3 Å². The predicted octanol–water partition coefficient (Wildman–Crippen LogP) is -2.09. The lowest BCUT2D eigenvalue weighted by atomic mass is 10.2. The lowest BCUT2D eigenvalue weighted by Crippen LogP contribution is -3.00. The Morgan fingerprint density at radius 1 is 1.25 bits per heavy atom. The first-order valence-corrected chi connectivity index (χ1v) is 5.93. The minimum atomic E-state index is -0.162. The highest BCUT2D eigenvalue weighted by Gasteiger charge is 2.07. The molecule has 0 saturated heterocycles. The van der Waals surface area contributed by atoms with E-state index in [-0.39, 0.29) is 24.9 Å². The van der Waals surface area contributed by atoms with Crippen LogP contribution in [0.2, 0.25) is 0 Å². The van der Waals surface area contributed by atoms with Crippen molar-refractivity contribution in [3.63, 3.8) is 0 Å². The third kappa shape index (κ3) is 4.78. The molecule has 0 aromatic carbocycles. The highest BCUT2D eigenvalue weighted by Crippen LogP contribution is 1.97. The smallest absolute Gasteiger partial charge is 0.305 e. The second-order valence-electron chi connectivity index (χ2n) is 4.02. The second kappa shape index (κ2) is 8.01. The zero-order chi connectivity index (χ0) is 13.5. The number of carbonyl (C=O) groups is 1. The maximum Gasteiger partial charge on any atom is 0.305 e. The zero-order valence-corrected chi connectivity index (χ0v) is 11.8. The minimum Gasteiger partial charge on any atom is -1.00 e. The summed E-state index contributed by atoms with van der Waals surface area (Å²) in [6, 6.07) is 9.34. The first-order chi connectivity index (χ1) is 9.25. The van der Waals surface area contributed by atoms with E-state index in [1.54, 1.807) is 17.0 Å². The van der Waals surface area contributed by atoms with E-state index >= 15 is 0 Å². The molecule has 2 heterocycles. The van der Waals surface area contributed by atoms with Gasteiger partial charge in [0.2, 0.25) is 6.54 Å². The van der Waals surface area contributed by atoms with Crippen molar-refractivity contribution in [1.29, 1.82) is 0 Å². The number of hydrogen-bond acceptors (Lipinski definition) is 3. The van der Waals surface area contributed by atoms with E-state index in [4.69, 9.17) is 0 Å². The molecule has 1 amide bonds. The molecule has 6 heteroatoms. The zero-order valence-electron chi connectivity index (χ0n) is 11.0. The van der Waals surface area contributed by atoms with Crippen LogP contribution in [0.25, 0.3) is 0 Å². The summed E-state index contributed by atoms with van der Waals surface area (Å²) in [5, 5.41) is 4.07. The lowest BCUT2D eigenvalue weighted by molar-refractivity contribution is -0.684. The fourth-order valence-corrected chi connectivity index (χ4v) is 1.54. The Morgan fingerprint density at radius 3 is 2.55 bits per heavy atom. The lowest BCUT2D eigenvalue weighted by Gasteiger charge is -2.01. The molecule has 0 aliphatic rings. The maximum absolute atomic E-state index is 11.7. The summed E-state index contributed by atoms with van der Waals surface area (Å²) in [4.78, 5) is 15.6. The van der Waals surface area contributed by atoms with Crippen molar-refractivity contribution >= 4 is 11.6 Å². The van der Waals surface area contributed by atoms with E-state index in [1.807, 2.05) is 49.6 Å². The monoisotopic (exact) mass is 290 g/mol. The largest absolute Gasteiger partial charge is 1.00 e. The molecule has 0 bridgehead atoms. The number of rotatable bonds is 4. The normalized spacial score (nSPS) is 10.6. The molecule has 2 rings (SSSR count). The Morgan fingerprint density at radius 2 is 1.90 bits per heavy atom. The Labute approximate surface area is 123 Å². The van der Waals surface area contributed by atoms with Crippen LogP contribution in [0.1, 0.15) is 12.5 Å². The van der Waals surface area contributed by atoms with Gasteiger partial charge >= 0.3 is 5.91 Å². The summed E-state index contributed by atoms with van der Waals surface area (Å²) in [6.07, 6.45) is 7.05. The van der Waals surface area contributed by atoms with Crippen molar-refractivity contribution < 1.29 is 21.8 Å². The van der Waals surface area contributed by atoms with Gasteiger partial charge < -0.3 is 12.4 Å². The Kier molecular flexibility index (Phi) is 6.32. The first kappa shape index (κ1) is 15.8. The molecule has 0 spiro atoms. The molecular weight excluding hydrogens is 276 g/mol. The van der Waals surface area contributed by atoms with Gasteiger partial charge in [-0.3, -0.25) is 9.78 Å². The van der Waals surface area contributed by atoms with Gasteiger partial charge in [-0.25, -0.2) is 5.43 Å². The number of halogens is 1. The molecule has 0 radical (unpaired) electrons. The Bertz CT molecular complexity index is 572. The van der Waals surface area contributed by atoms with Crippen LogP contribution in [0.5, 0.6) is 0 Å². The van der Waals surface area contributed by atoms with Crippen LogP contribution in [-0.4, -0.2) is 16.6 Å². The Hall–Kier alpha value is -2.27. The number of amides is 1. The van der Waals surface area contributed by atoms with Crippen molar-refractivity contribution in [2.75, 3.05) is 0 Å². The van der Waals surface area contributed by atoms with Crippen molar-refractivity contribution in [3.05, 3.63) is 60.7 Å². The van der Waals surface area contributed by atoms with E-state index in [0.29, 0.717) is 0 Å². The Balaban J connectivity index is 0.00000200. The fourth-order valence-electron chi connectivity index (χ4n) is 1.54. The third-order valence-corrected chi connectivity index (χ3v) is 2.55. The molecule has 0 atom stereocenters. The molecule has 1 N–H and O–H groups in total. The summed E-state index contributed by atoms with van der Waals surface area (Å²) in [6.45, 7) is 2.08. The van der Waals surface area contributed by atoms with Crippen molar-refractivity contribution in [1.82, 2.24) is 10.4 Å². The molecule has 5 nitrogen and oxygen atoms in total. The van der Waals surface area contributed by atoms with Crippen LogP contribution in [0, 0.1) is 0 Å². The number of pyridine rings is 2. The summed E-state index contributed by atoms with van der Waals surface area (Å²) in [5.74, 6) is -0.162. The number of carbonyl (C=O) groups excluding carboxylic acids is 1. The molecule has 104 valence electrons. The average molecular weight is 291 g/mol. The fraction of sp³-hybridized carbons (Fsp3) is 0.143. The van der Waals surface area contributed by atoms with Crippen LogP contribution >= 0.6 is 0 Å². The standard InChI is InChI=1S/C14H14N4O.ClH/c1-12(13-5-7-15-8-6-13)16-17-14(19)11-18-9-3-2-4-10-18;/h2-10H,11H2,1H3;1H. The summed E-state index contributed by atoms with van der Waals surface area (Å²) < 4.78 is 1.78. The van der Waals surface area contributed by atoms with Gasteiger partial charge in [0, 0.05) is 30.1 Å². The second-order valence-corrected chi connectivity index (χ2v) is 4.02. The van der Waals surface area contributed by atoms with Crippen LogP contribution in [0.4, 0.5) is 0 Å². The van der Waals surface area contributed by atoms with Crippen LogP contribution < -0.4 is 22.4 Å². The van der Waals surface area contributed by atoms with Gasteiger partial charge in [0.15, 0.2) is 12.4 Å². The first-order valence-electron chi connectivity index (χ1n) is 5.93. The van der Waals surface area contributed by atoms with Crippen molar-refractivity contribution in [3.8, 4) is 0 Å². The number of hydrogen-bond donors (Lipinski definition) is 1. The van der Waals surface area contributed by atoms with Gasteiger partial charge in [0.1, 0.15) is 0 Å². The van der Waals surface area contributed by atoms with E-state index < -0.39 is 0 Å². The molecule has 0 saturated carbocycles. The van der Waals surface area contributed by atoms with Crippen LogP contribution in [0.15, 0.2) is 60.2 Å². The van der Waals surface area contributed by atoms with E-state index in [9.17, 15) is 4.79 Å². The van der Waals surface area contributed by atoms with Gasteiger partial charge in [-0.1, -0.05) is 6.07 Å². The van der Waals surface area contributed by atoms with E-state index in [2.05, 4.69) is 15.5 Å². The van der Waals surface area contributed by atoms with E-state index in [0.717, 1.165) is 11.3 Å². The quantitative estimate of drug-likeness (QED) is 0.399. The minimum absolute atomic E-state index is 0. The summed E-state index contributed by atoms with van der Waals surface area (Å²) in [5.41, 5.74) is 4.21. The highest BCUT2D eigenvalue weighted by atomic mass is 35.5. The summed E-state index contributed by atoms with van der Waals surface area (Å²) >= 11 is 0. The van der Waals surface area contributed by atoms with Crippen molar-refractivity contribution in [2.24, 2.45) is 5.10 Å². The van der Waals surface area contributed by atoms with Crippen LogP contribution in [0.3, 0.4) is 0 Å². The van der Waals surface area contributed by atoms with E-state index in [1.165, 1.54) is 0 Å². The topological polar surface area (TPSA) is 58.2 Å². The highest BCUT2D eigenvalue weighted by molar-refractivity contribution is 5.99. The van der Waals surface area contributed by atoms with Gasteiger partial charge in [-0.15, -0.1) is 0 Å². The van der Waals surface area contributed by atoms with Gasteiger partial charge in [-0.05, 0) is 19.1 Å². The van der Waals surface area contributed by atoms with Gasteiger partial charge in [0.05, 0.1) is 5.71 Å². The van der Waals surface area contributed by atoms with Gasteiger partial charge in [0.25, 0.3) is 0 Å². The molecule has 2 aromatic heterocycles. The number of aromatic nitrogens is 2. The number of hydrazone groups is 1. The van der Waals surface area contributed by atoms with Gasteiger partial charge in [-0.2, -0.15) is 9.67 Å². The molecule has 0 aliphatic heterocycles. The number of nitrogens with zero attached hydrogens (tertiary/aromatic N) is 3. The predicted molar refractivity (Wildman–Crippen MR) is 71.2 cm³/mol. The number of nitrogens with one attached hydrogen (secondary N) is 1. The molecular formula is C14H15ClN4O. The average Bonchev–Trinajstić information content (AvgIpc) is 2.47. The molecule has 0 unspecified atom stereocenters. The maximum atomic E-state index is 11.7. The molecule has 2 aromatic rings. The summed E-state index contributed by atoms with van der Waals surface area (Å²) in [7, 11) is 0. The SMILES string of the molecule is C/C(=N/NC(=O)C[n+]1ccccc1)c1ccncc1.[Cl-]. The third-order valence-electron chi connectivity index (χ3n) is 2.55. The molecule has 0 aliphatic carbocycles.